The van der Waals surface area contributed by atoms with Gasteiger partial charge in [0.05, 0.1) is 6.10 Å². The molecule has 2 aliphatic carbocycles. The van der Waals surface area contributed by atoms with Gasteiger partial charge in [0, 0.05) is 6.04 Å². The summed E-state index contributed by atoms with van der Waals surface area (Å²) in [6.07, 6.45) is 7.36. The van der Waals surface area contributed by atoms with E-state index in [-0.39, 0.29) is 6.10 Å². The maximum Gasteiger partial charge on any atom is 0.0543 e. The quantitative estimate of drug-likeness (QED) is 0.724. The first-order valence-electron chi connectivity index (χ1n) is 6.15. The van der Waals surface area contributed by atoms with Crippen LogP contribution in [0.25, 0.3) is 0 Å². The number of aliphatic hydroxyl groups excluding tert-OH is 1. The lowest BCUT2D eigenvalue weighted by Crippen LogP contribution is -2.31. The van der Waals surface area contributed by atoms with Gasteiger partial charge in [-0.2, -0.15) is 0 Å². The van der Waals surface area contributed by atoms with Crippen LogP contribution in [-0.4, -0.2) is 23.8 Å². The van der Waals surface area contributed by atoms with E-state index in [0.29, 0.717) is 0 Å². The molecule has 0 bridgehead atoms. The van der Waals surface area contributed by atoms with Crippen LogP contribution in [0, 0.1) is 11.8 Å². The molecule has 2 heteroatoms. The second kappa shape index (κ2) is 4.63. The summed E-state index contributed by atoms with van der Waals surface area (Å²) in [5.41, 5.74) is 0. The monoisotopic (exact) mass is 197 g/mol. The Balaban J connectivity index is 1.63. The van der Waals surface area contributed by atoms with E-state index in [9.17, 15) is 5.11 Å². The van der Waals surface area contributed by atoms with E-state index in [1.807, 2.05) is 0 Å². The highest BCUT2D eigenvalue weighted by molar-refractivity contribution is 4.82. The van der Waals surface area contributed by atoms with Crippen molar-refractivity contribution >= 4 is 0 Å². The van der Waals surface area contributed by atoms with Gasteiger partial charge in [0.15, 0.2) is 0 Å². The Morgan fingerprint density at radius 3 is 2.57 bits per heavy atom. The standard InChI is InChI=1S/C12H23NO/c1-9-2-4-11(6-9)13-8-10-3-5-12(14)7-10/h9-14H,2-8H2,1H3. The van der Waals surface area contributed by atoms with Crippen LogP contribution in [0.5, 0.6) is 0 Å². The highest BCUT2D eigenvalue weighted by Gasteiger charge is 2.25. The molecule has 0 heterocycles. The molecular weight excluding hydrogens is 174 g/mol. The topological polar surface area (TPSA) is 32.3 Å². The Bertz CT molecular complexity index is 163. The van der Waals surface area contributed by atoms with E-state index in [1.165, 1.54) is 25.7 Å². The van der Waals surface area contributed by atoms with Gasteiger partial charge in [-0.15, -0.1) is 0 Å². The predicted molar refractivity (Wildman–Crippen MR) is 58.2 cm³/mol. The van der Waals surface area contributed by atoms with Crippen LogP contribution in [0.1, 0.15) is 45.4 Å². The molecule has 4 unspecified atom stereocenters. The van der Waals surface area contributed by atoms with Crippen molar-refractivity contribution in [1.29, 1.82) is 0 Å². The average Bonchev–Trinajstić information content (AvgIpc) is 2.72. The average molecular weight is 197 g/mol. The van der Waals surface area contributed by atoms with Crippen molar-refractivity contribution in [3.8, 4) is 0 Å². The first-order valence-corrected chi connectivity index (χ1v) is 6.15. The van der Waals surface area contributed by atoms with Gasteiger partial charge in [-0.1, -0.05) is 6.92 Å². The minimum atomic E-state index is -0.00991. The van der Waals surface area contributed by atoms with Crippen molar-refractivity contribution < 1.29 is 5.11 Å². The van der Waals surface area contributed by atoms with E-state index in [2.05, 4.69) is 12.2 Å². The summed E-state index contributed by atoms with van der Waals surface area (Å²) in [6.45, 7) is 3.48. The Morgan fingerprint density at radius 2 is 2.00 bits per heavy atom. The van der Waals surface area contributed by atoms with Crippen LogP contribution < -0.4 is 5.32 Å². The molecule has 2 nitrogen and oxygen atoms in total. The SMILES string of the molecule is CC1CCC(NCC2CCC(O)C2)C1. The van der Waals surface area contributed by atoms with Crippen molar-refractivity contribution in [3.05, 3.63) is 0 Å². The lowest BCUT2D eigenvalue weighted by atomic mass is 10.1. The molecule has 2 rings (SSSR count). The maximum absolute atomic E-state index is 9.41. The zero-order valence-corrected chi connectivity index (χ0v) is 9.21. The van der Waals surface area contributed by atoms with E-state index < -0.39 is 0 Å². The largest absolute Gasteiger partial charge is 0.393 e. The molecule has 82 valence electrons. The van der Waals surface area contributed by atoms with E-state index in [1.54, 1.807) is 0 Å². The molecule has 0 aromatic heterocycles. The third kappa shape index (κ3) is 2.71. The van der Waals surface area contributed by atoms with Gasteiger partial charge in [0.2, 0.25) is 0 Å². The number of hydrogen-bond acceptors (Lipinski definition) is 2. The summed E-state index contributed by atoms with van der Waals surface area (Å²) in [5.74, 6) is 1.66. The summed E-state index contributed by atoms with van der Waals surface area (Å²) in [5, 5.41) is 13.1. The smallest absolute Gasteiger partial charge is 0.0543 e. The molecular formula is C12H23NO. The van der Waals surface area contributed by atoms with E-state index in [0.717, 1.165) is 37.3 Å². The molecule has 4 atom stereocenters. The maximum atomic E-state index is 9.41. The summed E-state index contributed by atoms with van der Waals surface area (Å²) in [6, 6.07) is 0.766. The van der Waals surface area contributed by atoms with Gasteiger partial charge >= 0.3 is 0 Å². The molecule has 14 heavy (non-hydrogen) atoms. The third-order valence-electron chi connectivity index (χ3n) is 3.90. The molecule has 0 amide bonds. The molecule has 0 saturated heterocycles. The summed E-state index contributed by atoms with van der Waals surface area (Å²) in [4.78, 5) is 0. The van der Waals surface area contributed by atoms with Crippen LogP contribution in [0.2, 0.25) is 0 Å². The van der Waals surface area contributed by atoms with Crippen LogP contribution in [-0.2, 0) is 0 Å². The van der Waals surface area contributed by atoms with Crippen LogP contribution in [0.15, 0.2) is 0 Å². The fraction of sp³-hybridized carbons (Fsp3) is 1.00. The Labute approximate surface area is 87.1 Å². The van der Waals surface area contributed by atoms with Crippen molar-refractivity contribution in [2.45, 2.75) is 57.6 Å². The molecule has 2 aliphatic rings. The molecule has 0 aliphatic heterocycles. The second-order valence-electron chi connectivity index (χ2n) is 5.36. The number of rotatable bonds is 3. The number of aliphatic hydroxyl groups is 1. The normalized spacial score (nSPS) is 43.3. The molecule has 0 aromatic carbocycles. The second-order valence-corrected chi connectivity index (χ2v) is 5.36. The van der Waals surface area contributed by atoms with Crippen molar-refractivity contribution in [2.24, 2.45) is 11.8 Å². The van der Waals surface area contributed by atoms with Gasteiger partial charge < -0.3 is 10.4 Å². The highest BCUT2D eigenvalue weighted by atomic mass is 16.3. The summed E-state index contributed by atoms with van der Waals surface area (Å²) >= 11 is 0. The van der Waals surface area contributed by atoms with Gasteiger partial charge in [-0.05, 0) is 56.9 Å². The Morgan fingerprint density at radius 1 is 1.14 bits per heavy atom. The lowest BCUT2D eigenvalue weighted by molar-refractivity contribution is 0.177. The molecule has 2 fully saturated rings. The minimum Gasteiger partial charge on any atom is -0.393 e. The van der Waals surface area contributed by atoms with Crippen molar-refractivity contribution in [1.82, 2.24) is 5.32 Å². The fourth-order valence-electron chi connectivity index (χ4n) is 2.96. The third-order valence-corrected chi connectivity index (χ3v) is 3.90. The zero-order chi connectivity index (χ0) is 9.97. The van der Waals surface area contributed by atoms with Crippen LogP contribution in [0.4, 0.5) is 0 Å². The van der Waals surface area contributed by atoms with Crippen molar-refractivity contribution in [3.63, 3.8) is 0 Å². The van der Waals surface area contributed by atoms with E-state index >= 15 is 0 Å². The molecule has 2 N–H and O–H groups in total. The van der Waals surface area contributed by atoms with Crippen molar-refractivity contribution in [2.75, 3.05) is 6.54 Å². The summed E-state index contributed by atoms with van der Waals surface area (Å²) < 4.78 is 0. The molecule has 0 aromatic rings. The van der Waals surface area contributed by atoms with Gasteiger partial charge in [-0.3, -0.25) is 0 Å². The fourth-order valence-corrected chi connectivity index (χ4v) is 2.96. The van der Waals surface area contributed by atoms with Crippen LogP contribution in [0.3, 0.4) is 0 Å². The lowest BCUT2D eigenvalue weighted by Gasteiger charge is -2.16. The minimum absolute atomic E-state index is 0.00991. The zero-order valence-electron chi connectivity index (χ0n) is 9.21. The van der Waals surface area contributed by atoms with Gasteiger partial charge in [-0.25, -0.2) is 0 Å². The van der Waals surface area contributed by atoms with Gasteiger partial charge in [0.1, 0.15) is 0 Å². The van der Waals surface area contributed by atoms with Crippen LogP contribution >= 0.6 is 0 Å². The molecule has 0 spiro atoms. The highest BCUT2D eigenvalue weighted by Crippen LogP contribution is 2.27. The summed E-state index contributed by atoms with van der Waals surface area (Å²) in [7, 11) is 0. The van der Waals surface area contributed by atoms with E-state index in [4.69, 9.17) is 0 Å². The Hall–Kier alpha value is -0.0800. The molecule has 0 radical (unpaired) electrons. The first-order chi connectivity index (χ1) is 6.74. The molecule has 2 saturated carbocycles. The predicted octanol–water partition coefficient (Wildman–Crippen LogP) is 1.93. The van der Waals surface area contributed by atoms with Gasteiger partial charge in [0.25, 0.3) is 0 Å². The first kappa shape index (κ1) is 10.4. The number of nitrogens with one attached hydrogen (secondary N) is 1. The number of hydrogen-bond donors (Lipinski definition) is 2. The Kier molecular flexibility index (Phi) is 3.45.